The van der Waals surface area contributed by atoms with Crippen LogP contribution in [-0.2, 0) is 5.41 Å². The van der Waals surface area contributed by atoms with E-state index in [4.69, 9.17) is 9.72 Å². The summed E-state index contributed by atoms with van der Waals surface area (Å²) in [7, 11) is 0. The molecule has 1 aliphatic carbocycles. The molecule has 0 spiro atoms. The minimum Gasteiger partial charge on any atom is -0.487 e. The molecular weight excluding hydrogens is 402 g/mol. The van der Waals surface area contributed by atoms with Crippen molar-refractivity contribution in [2.24, 2.45) is 0 Å². The zero-order valence-corrected chi connectivity index (χ0v) is 20.7. The number of benzene rings is 3. The van der Waals surface area contributed by atoms with Gasteiger partial charge < -0.3 is 4.74 Å². The second-order valence-electron chi connectivity index (χ2n) is 10.4. The molecule has 0 radical (unpaired) electrons. The molecule has 5 rings (SSSR count). The molecule has 3 aromatic carbocycles. The van der Waals surface area contributed by atoms with Gasteiger partial charge in [0.2, 0.25) is 0 Å². The van der Waals surface area contributed by atoms with Gasteiger partial charge in [-0.15, -0.1) is 0 Å². The first kappa shape index (κ1) is 21.9. The van der Waals surface area contributed by atoms with E-state index in [9.17, 15) is 0 Å². The summed E-state index contributed by atoms with van der Waals surface area (Å²) < 4.78 is 6.83. The summed E-state index contributed by atoms with van der Waals surface area (Å²) in [4.78, 5) is 5.25. The van der Waals surface area contributed by atoms with Crippen LogP contribution < -0.4 is 4.74 Å². The highest BCUT2D eigenvalue weighted by atomic mass is 16.5. The van der Waals surface area contributed by atoms with Crippen LogP contribution in [0.2, 0.25) is 0 Å². The number of hydrogen-bond donors (Lipinski definition) is 0. The average molecular weight is 438 g/mol. The fourth-order valence-electron chi connectivity index (χ4n) is 5.43. The first-order valence-corrected chi connectivity index (χ1v) is 12.5. The molecule has 1 aliphatic rings. The van der Waals surface area contributed by atoms with E-state index in [0.29, 0.717) is 0 Å². The fourth-order valence-corrected chi connectivity index (χ4v) is 5.43. The van der Waals surface area contributed by atoms with Gasteiger partial charge in [0.05, 0.1) is 11.2 Å². The van der Waals surface area contributed by atoms with Crippen molar-refractivity contribution in [2.45, 2.75) is 77.7 Å². The Kier molecular flexibility index (Phi) is 5.43. The van der Waals surface area contributed by atoms with Crippen LogP contribution in [0.1, 0.15) is 77.8 Å². The predicted molar refractivity (Wildman–Crippen MR) is 140 cm³/mol. The predicted octanol–water partition coefficient (Wildman–Crippen LogP) is 8.82. The van der Waals surface area contributed by atoms with Crippen molar-refractivity contribution in [2.75, 3.05) is 0 Å². The minimum atomic E-state index is -0.162. The number of hydrogen-bond acceptors (Lipinski definition) is 2. The monoisotopic (exact) mass is 437 g/mol. The van der Waals surface area contributed by atoms with E-state index in [2.05, 4.69) is 95.3 Å². The zero-order valence-electron chi connectivity index (χ0n) is 20.7. The third-order valence-electron chi connectivity index (χ3n) is 7.75. The van der Waals surface area contributed by atoms with E-state index in [1.54, 1.807) is 0 Å². The van der Waals surface area contributed by atoms with Crippen LogP contribution in [0.3, 0.4) is 0 Å². The van der Waals surface area contributed by atoms with Crippen molar-refractivity contribution < 1.29 is 4.74 Å². The molecular formula is C31H35NO. The van der Waals surface area contributed by atoms with Crippen molar-refractivity contribution in [1.82, 2.24) is 4.98 Å². The van der Waals surface area contributed by atoms with Gasteiger partial charge in [0.25, 0.3) is 0 Å². The van der Waals surface area contributed by atoms with Crippen molar-refractivity contribution in [3.05, 3.63) is 71.8 Å². The highest BCUT2D eigenvalue weighted by Gasteiger charge is 2.39. The summed E-state index contributed by atoms with van der Waals surface area (Å²) in [6, 6.07) is 21.9. The fraction of sp³-hybridized carbons (Fsp3) is 0.387. The molecule has 1 aromatic heterocycles. The molecule has 0 saturated carbocycles. The first-order valence-electron chi connectivity index (χ1n) is 12.5. The van der Waals surface area contributed by atoms with E-state index in [0.717, 1.165) is 29.8 Å². The number of fused-ring (bicyclic) bond motifs is 6. The summed E-state index contributed by atoms with van der Waals surface area (Å²) in [5.74, 6) is 0.979. The van der Waals surface area contributed by atoms with E-state index >= 15 is 0 Å². The van der Waals surface area contributed by atoms with E-state index in [1.165, 1.54) is 52.1 Å². The summed E-state index contributed by atoms with van der Waals surface area (Å²) in [5, 5.41) is 3.76. The molecule has 33 heavy (non-hydrogen) atoms. The van der Waals surface area contributed by atoms with Crippen molar-refractivity contribution in [1.29, 1.82) is 0 Å². The molecule has 0 bridgehead atoms. The normalized spacial score (nSPS) is 15.9. The smallest absolute Gasteiger partial charge is 0.129 e. The number of rotatable bonds is 7. The third kappa shape index (κ3) is 3.60. The van der Waals surface area contributed by atoms with Crippen LogP contribution in [0.5, 0.6) is 5.75 Å². The molecule has 170 valence electrons. The Morgan fingerprint density at radius 3 is 2.48 bits per heavy atom. The van der Waals surface area contributed by atoms with Crippen molar-refractivity contribution in [3.63, 3.8) is 0 Å². The molecule has 0 saturated heterocycles. The van der Waals surface area contributed by atoms with Crippen molar-refractivity contribution in [3.8, 4) is 17.0 Å². The van der Waals surface area contributed by atoms with Gasteiger partial charge in [-0.25, -0.2) is 4.98 Å². The topological polar surface area (TPSA) is 22.1 Å². The summed E-state index contributed by atoms with van der Waals surface area (Å²) in [5.41, 5.74) is 5.64. The van der Waals surface area contributed by atoms with Crippen LogP contribution in [0.15, 0.2) is 60.7 Å². The number of unbranched alkanes of at least 4 members (excludes halogenated alkanes) is 2. The standard InChI is InChI=1S/C31H35NO/c1-6-8-11-19-31(5,7-2)33-27-16-12-15-24-28(27)29-25(30(24,3)4)20-23-22-14-10-9-13-21(22)17-18-26(23)32-29/h9-10,12-18,20H,6-8,11,19H2,1-5H3. The third-order valence-corrected chi connectivity index (χ3v) is 7.75. The maximum atomic E-state index is 6.83. The lowest BCUT2D eigenvalue weighted by Gasteiger charge is -2.31. The second-order valence-corrected chi connectivity index (χ2v) is 10.4. The first-order chi connectivity index (χ1) is 15.9. The summed E-state index contributed by atoms with van der Waals surface area (Å²) in [6.07, 6.45) is 5.76. The van der Waals surface area contributed by atoms with Crippen LogP contribution in [0, 0.1) is 0 Å². The quantitative estimate of drug-likeness (QED) is 0.213. The molecule has 1 unspecified atom stereocenters. The lowest BCUT2D eigenvalue weighted by atomic mass is 9.82. The number of aromatic nitrogens is 1. The Labute approximate surface area is 198 Å². The molecule has 1 heterocycles. The highest BCUT2D eigenvalue weighted by molar-refractivity contribution is 6.07. The average Bonchev–Trinajstić information content (AvgIpc) is 3.05. The number of ether oxygens (including phenoxy) is 1. The van der Waals surface area contributed by atoms with Gasteiger partial charge in [-0.05, 0) is 66.3 Å². The Balaban J connectivity index is 1.67. The lowest BCUT2D eigenvalue weighted by Crippen LogP contribution is -2.31. The summed E-state index contributed by atoms with van der Waals surface area (Å²) in [6.45, 7) is 11.4. The van der Waals surface area contributed by atoms with Gasteiger partial charge in [-0.1, -0.05) is 83.0 Å². The van der Waals surface area contributed by atoms with E-state index in [1.807, 2.05) is 0 Å². The van der Waals surface area contributed by atoms with Gasteiger partial charge in [0.1, 0.15) is 11.4 Å². The van der Waals surface area contributed by atoms with Crippen LogP contribution in [0.25, 0.3) is 32.9 Å². The molecule has 4 aromatic rings. The molecule has 1 atom stereocenters. The minimum absolute atomic E-state index is 0.118. The Bertz CT molecular complexity index is 1340. The summed E-state index contributed by atoms with van der Waals surface area (Å²) >= 11 is 0. The maximum Gasteiger partial charge on any atom is 0.129 e. The van der Waals surface area contributed by atoms with E-state index in [-0.39, 0.29) is 11.0 Å². The van der Waals surface area contributed by atoms with Crippen LogP contribution in [-0.4, -0.2) is 10.6 Å². The van der Waals surface area contributed by atoms with Gasteiger partial charge in [-0.2, -0.15) is 0 Å². The molecule has 0 fully saturated rings. The van der Waals surface area contributed by atoms with Gasteiger partial charge in [0.15, 0.2) is 0 Å². The highest BCUT2D eigenvalue weighted by Crippen LogP contribution is 2.53. The SMILES string of the molecule is CCCCCC(C)(CC)Oc1cccc2c1-c1nc3ccc4ccccc4c3cc1C2(C)C. The van der Waals surface area contributed by atoms with Gasteiger partial charge in [-0.3, -0.25) is 0 Å². The molecule has 0 amide bonds. The van der Waals surface area contributed by atoms with Gasteiger partial charge >= 0.3 is 0 Å². The lowest BCUT2D eigenvalue weighted by molar-refractivity contribution is 0.0726. The molecule has 2 nitrogen and oxygen atoms in total. The molecule has 0 N–H and O–H groups in total. The number of nitrogens with zero attached hydrogens (tertiary/aromatic N) is 1. The Morgan fingerprint density at radius 1 is 0.879 bits per heavy atom. The van der Waals surface area contributed by atoms with Crippen LogP contribution in [0.4, 0.5) is 0 Å². The Morgan fingerprint density at radius 2 is 1.70 bits per heavy atom. The molecule has 0 aliphatic heterocycles. The van der Waals surface area contributed by atoms with Crippen LogP contribution >= 0.6 is 0 Å². The second kappa shape index (κ2) is 8.17. The zero-order chi connectivity index (χ0) is 23.2. The largest absolute Gasteiger partial charge is 0.487 e. The Hall–Kier alpha value is -2.87. The van der Waals surface area contributed by atoms with Gasteiger partial charge in [0, 0.05) is 16.4 Å². The van der Waals surface area contributed by atoms with E-state index < -0.39 is 0 Å². The van der Waals surface area contributed by atoms with Crippen molar-refractivity contribution >= 4 is 21.7 Å². The maximum absolute atomic E-state index is 6.83. The number of pyridine rings is 1. The molecule has 2 heteroatoms.